The van der Waals surface area contributed by atoms with Crippen LogP contribution in [0.15, 0.2) is 23.1 Å². The van der Waals surface area contributed by atoms with Crippen LogP contribution in [0.4, 0.5) is 5.69 Å². The van der Waals surface area contributed by atoms with Gasteiger partial charge in [0.1, 0.15) is 0 Å². The van der Waals surface area contributed by atoms with E-state index in [-0.39, 0.29) is 4.90 Å². The van der Waals surface area contributed by atoms with Gasteiger partial charge in [0.25, 0.3) is 0 Å². The number of rotatable bonds is 4. The minimum atomic E-state index is -3.66. The number of sulfonamides is 1. The fourth-order valence-electron chi connectivity index (χ4n) is 3.23. The van der Waals surface area contributed by atoms with Gasteiger partial charge in [-0.1, -0.05) is 32.3 Å². The summed E-state index contributed by atoms with van der Waals surface area (Å²) >= 11 is 0. The molecule has 1 aliphatic carbocycles. The number of benzene rings is 1. The predicted octanol–water partition coefficient (Wildman–Crippen LogP) is 3.41. The van der Waals surface area contributed by atoms with E-state index in [4.69, 9.17) is 5.14 Å². The molecule has 1 aromatic carbocycles. The van der Waals surface area contributed by atoms with E-state index in [9.17, 15) is 8.42 Å². The zero-order valence-electron chi connectivity index (χ0n) is 12.9. The zero-order chi connectivity index (χ0) is 15.5. The molecule has 5 heteroatoms. The molecule has 1 saturated carbocycles. The van der Waals surface area contributed by atoms with Crippen LogP contribution in [0.2, 0.25) is 0 Å². The van der Waals surface area contributed by atoms with Gasteiger partial charge in [0.15, 0.2) is 0 Å². The highest BCUT2D eigenvalue weighted by molar-refractivity contribution is 7.89. The Hall–Kier alpha value is -1.07. The number of primary sulfonamides is 1. The van der Waals surface area contributed by atoms with Crippen LogP contribution in [-0.2, 0) is 10.0 Å². The van der Waals surface area contributed by atoms with Gasteiger partial charge < -0.3 is 5.32 Å². The van der Waals surface area contributed by atoms with Crippen LogP contribution >= 0.6 is 0 Å². The molecule has 2 rings (SSSR count). The van der Waals surface area contributed by atoms with E-state index in [0.29, 0.717) is 6.04 Å². The summed E-state index contributed by atoms with van der Waals surface area (Å²) in [6, 6.07) is 5.68. The summed E-state index contributed by atoms with van der Waals surface area (Å²) in [6.45, 7) is 4.08. The average molecular weight is 310 g/mol. The second kappa shape index (κ2) is 6.79. The van der Waals surface area contributed by atoms with Gasteiger partial charge >= 0.3 is 0 Å². The maximum Gasteiger partial charge on any atom is 0.238 e. The summed E-state index contributed by atoms with van der Waals surface area (Å²) in [5, 5.41) is 8.79. The first kappa shape index (κ1) is 16.3. The van der Waals surface area contributed by atoms with Gasteiger partial charge in [-0.05, 0) is 49.8 Å². The van der Waals surface area contributed by atoms with Crippen molar-refractivity contribution in [3.8, 4) is 0 Å². The van der Waals surface area contributed by atoms with E-state index in [2.05, 4.69) is 12.2 Å². The second-order valence-electron chi connectivity index (χ2n) is 6.10. The molecule has 118 valence electrons. The van der Waals surface area contributed by atoms with E-state index >= 15 is 0 Å². The molecule has 0 saturated heterocycles. The molecule has 0 amide bonds. The Morgan fingerprint density at radius 1 is 1.24 bits per heavy atom. The van der Waals surface area contributed by atoms with Gasteiger partial charge in [0.05, 0.1) is 4.90 Å². The Morgan fingerprint density at radius 2 is 2.00 bits per heavy atom. The quantitative estimate of drug-likeness (QED) is 0.837. The van der Waals surface area contributed by atoms with Crippen molar-refractivity contribution in [2.24, 2.45) is 11.1 Å². The van der Waals surface area contributed by atoms with Gasteiger partial charge in [-0.2, -0.15) is 0 Å². The summed E-state index contributed by atoms with van der Waals surface area (Å²) in [6.07, 6.45) is 7.36. The lowest BCUT2D eigenvalue weighted by Gasteiger charge is -2.20. The Morgan fingerprint density at radius 3 is 2.67 bits per heavy atom. The number of nitrogens with one attached hydrogen (secondary N) is 1. The molecule has 0 radical (unpaired) electrons. The predicted molar refractivity (Wildman–Crippen MR) is 86.8 cm³/mol. The summed E-state index contributed by atoms with van der Waals surface area (Å²) in [5.74, 6) is 0.841. The molecule has 0 aromatic heterocycles. The lowest BCUT2D eigenvalue weighted by Crippen LogP contribution is -2.20. The fourth-order valence-corrected chi connectivity index (χ4v) is 4.04. The summed E-state index contributed by atoms with van der Waals surface area (Å²) < 4.78 is 23.2. The van der Waals surface area contributed by atoms with E-state index in [1.54, 1.807) is 12.1 Å². The minimum absolute atomic E-state index is 0.215. The summed E-state index contributed by atoms with van der Waals surface area (Å²) in [7, 11) is -3.66. The van der Waals surface area contributed by atoms with E-state index < -0.39 is 10.0 Å². The Bertz CT molecular complexity index is 584. The molecule has 0 bridgehead atoms. The molecule has 21 heavy (non-hydrogen) atoms. The van der Waals surface area contributed by atoms with Gasteiger partial charge in [0.2, 0.25) is 10.0 Å². The molecular weight excluding hydrogens is 284 g/mol. The first-order valence-corrected chi connectivity index (χ1v) is 9.35. The summed E-state index contributed by atoms with van der Waals surface area (Å²) in [4.78, 5) is 0.215. The first-order valence-electron chi connectivity index (χ1n) is 7.80. The monoisotopic (exact) mass is 310 g/mol. The molecule has 0 aliphatic heterocycles. The smallest absolute Gasteiger partial charge is 0.238 e. The van der Waals surface area contributed by atoms with Gasteiger partial charge in [-0.15, -0.1) is 0 Å². The normalized spacial score (nSPS) is 23.6. The van der Waals surface area contributed by atoms with Crippen LogP contribution < -0.4 is 10.5 Å². The van der Waals surface area contributed by atoms with Gasteiger partial charge in [-0.25, -0.2) is 13.6 Å². The van der Waals surface area contributed by atoms with Crippen LogP contribution in [0.1, 0.15) is 51.0 Å². The fraction of sp³-hybridized carbons (Fsp3) is 0.625. The molecule has 2 unspecified atom stereocenters. The molecule has 0 spiro atoms. The van der Waals surface area contributed by atoms with Gasteiger partial charge in [0, 0.05) is 11.7 Å². The molecule has 4 nitrogen and oxygen atoms in total. The third-order valence-electron chi connectivity index (χ3n) is 4.62. The van der Waals surface area contributed by atoms with Crippen LogP contribution in [0.5, 0.6) is 0 Å². The van der Waals surface area contributed by atoms with Crippen molar-refractivity contribution >= 4 is 15.7 Å². The summed E-state index contributed by atoms with van der Waals surface area (Å²) in [5.41, 5.74) is 1.61. The highest BCUT2D eigenvalue weighted by Gasteiger charge is 2.19. The molecule has 1 fully saturated rings. The lowest BCUT2D eigenvalue weighted by atomic mass is 9.98. The Balaban J connectivity index is 2.13. The number of nitrogens with two attached hydrogens (primary N) is 1. The molecule has 1 aliphatic rings. The van der Waals surface area contributed by atoms with Crippen molar-refractivity contribution in [2.45, 2.75) is 63.3 Å². The maximum atomic E-state index is 11.6. The van der Waals surface area contributed by atoms with E-state index in [1.165, 1.54) is 25.7 Å². The number of anilines is 1. The second-order valence-corrected chi connectivity index (χ2v) is 7.63. The Labute approximate surface area is 128 Å². The van der Waals surface area contributed by atoms with Crippen LogP contribution in [-0.4, -0.2) is 14.5 Å². The van der Waals surface area contributed by atoms with Crippen molar-refractivity contribution in [1.29, 1.82) is 0 Å². The highest BCUT2D eigenvalue weighted by atomic mass is 32.2. The van der Waals surface area contributed by atoms with Gasteiger partial charge in [-0.3, -0.25) is 0 Å². The molecular formula is C16H26N2O2S. The largest absolute Gasteiger partial charge is 0.382 e. The standard InChI is InChI=1S/C16H26N2O2S/c1-3-13-6-4-7-14(11-10-13)18-15-8-5-9-16(12(15)2)21(17,19)20/h5,8-9,13-14,18H,3-4,6-7,10-11H2,1-2H3,(H2,17,19,20). The van der Waals surface area contributed by atoms with Crippen molar-refractivity contribution in [3.05, 3.63) is 23.8 Å². The van der Waals surface area contributed by atoms with Crippen LogP contribution in [0, 0.1) is 12.8 Å². The topological polar surface area (TPSA) is 72.2 Å². The van der Waals surface area contributed by atoms with Crippen LogP contribution in [0.25, 0.3) is 0 Å². The first-order chi connectivity index (χ1) is 9.91. The van der Waals surface area contributed by atoms with Crippen molar-refractivity contribution in [2.75, 3.05) is 5.32 Å². The van der Waals surface area contributed by atoms with Crippen molar-refractivity contribution in [1.82, 2.24) is 0 Å². The lowest BCUT2D eigenvalue weighted by molar-refractivity contribution is 0.444. The molecule has 0 heterocycles. The third kappa shape index (κ3) is 4.20. The van der Waals surface area contributed by atoms with Crippen molar-refractivity contribution < 1.29 is 8.42 Å². The third-order valence-corrected chi connectivity index (χ3v) is 5.67. The van der Waals surface area contributed by atoms with E-state index in [0.717, 1.165) is 30.0 Å². The zero-order valence-corrected chi connectivity index (χ0v) is 13.7. The number of hydrogen-bond acceptors (Lipinski definition) is 3. The Kier molecular flexibility index (Phi) is 5.27. The maximum absolute atomic E-state index is 11.6. The number of hydrogen-bond donors (Lipinski definition) is 2. The highest BCUT2D eigenvalue weighted by Crippen LogP contribution is 2.29. The average Bonchev–Trinajstić information content (AvgIpc) is 2.65. The minimum Gasteiger partial charge on any atom is -0.382 e. The molecule has 1 aromatic rings. The molecule has 2 atom stereocenters. The molecule has 3 N–H and O–H groups in total. The SMILES string of the molecule is CCC1CCCC(Nc2cccc(S(N)(=O)=O)c2C)CC1. The van der Waals surface area contributed by atoms with E-state index in [1.807, 2.05) is 13.0 Å². The van der Waals surface area contributed by atoms with Crippen LogP contribution in [0.3, 0.4) is 0 Å². The van der Waals surface area contributed by atoms with Crippen molar-refractivity contribution in [3.63, 3.8) is 0 Å².